The summed E-state index contributed by atoms with van der Waals surface area (Å²) < 4.78 is 24.3. The van der Waals surface area contributed by atoms with Gasteiger partial charge in [0, 0.05) is 23.6 Å². The molecule has 0 bridgehead atoms. The first-order valence-electron chi connectivity index (χ1n) is 11.0. The predicted octanol–water partition coefficient (Wildman–Crippen LogP) is 3.86. The van der Waals surface area contributed by atoms with Crippen LogP contribution in [0.15, 0.2) is 47.8 Å². The number of fused-ring (bicyclic) bond motifs is 1. The lowest BCUT2D eigenvalue weighted by Gasteiger charge is -2.29. The number of thiazole rings is 1. The summed E-state index contributed by atoms with van der Waals surface area (Å²) in [6.07, 6.45) is 0. The molecule has 0 unspecified atom stereocenters. The van der Waals surface area contributed by atoms with Gasteiger partial charge in [-0.25, -0.2) is 9.37 Å². The topological polar surface area (TPSA) is 97.8 Å². The molecule has 2 amide bonds. The van der Waals surface area contributed by atoms with Gasteiger partial charge in [0.1, 0.15) is 28.0 Å². The Balaban J connectivity index is 1.48. The van der Waals surface area contributed by atoms with Gasteiger partial charge in [-0.15, -0.1) is 11.3 Å². The minimum atomic E-state index is -0.460. The Morgan fingerprint density at radius 2 is 2.09 bits per heavy atom. The van der Waals surface area contributed by atoms with E-state index in [9.17, 15) is 18.8 Å². The number of hydrogen-bond acceptors (Lipinski definition) is 7. The van der Waals surface area contributed by atoms with E-state index in [0.717, 1.165) is 0 Å². The number of carbonyl (C=O) groups excluding carboxylic acids is 3. The highest BCUT2D eigenvalue weighted by Gasteiger charge is 2.28. The van der Waals surface area contributed by atoms with Crippen LogP contribution in [0.25, 0.3) is 0 Å². The summed E-state index contributed by atoms with van der Waals surface area (Å²) in [5, 5.41) is 5.05. The number of nitrogens with zero attached hydrogens (tertiary/aromatic N) is 2. The minimum absolute atomic E-state index is 0.134. The number of benzene rings is 2. The van der Waals surface area contributed by atoms with Gasteiger partial charge in [-0.05, 0) is 36.2 Å². The second-order valence-electron chi connectivity index (χ2n) is 8.35. The number of amides is 2. The molecule has 182 valence electrons. The number of rotatable bonds is 9. The SMILES string of the molecule is CC(C)CNC(=O)c1csc(CN2C(=O)COc3ccc(C(=O)COc4cccc(F)c4)cc32)n1. The van der Waals surface area contributed by atoms with Gasteiger partial charge in [0.25, 0.3) is 11.8 Å². The average Bonchev–Trinajstić information content (AvgIpc) is 3.31. The number of halogens is 1. The number of Topliss-reactive ketones (excluding diaryl/α,β-unsaturated/α-hetero) is 1. The van der Waals surface area contributed by atoms with E-state index in [1.807, 2.05) is 13.8 Å². The van der Waals surface area contributed by atoms with Crippen LogP contribution in [-0.2, 0) is 11.3 Å². The summed E-state index contributed by atoms with van der Waals surface area (Å²) >= 11 is 1.28. The first-order valence-corrected chi connectivity index (χ1v) is 11.9. The quantitative estimate of drug-likeness (QED) is 0.451. The lowest BCUT2D eigenvalue weighted by Crippen LogP contribution is -2.38. The largest absolute Gasteiger partial charge is 0.485 e. The lowest BCUT2D eigenvalue weighted by atomic mass is 10.1. The summed E-state index contributed by atoms with van der Waals surface area (Å²) in [5.74, 6) is -0.339. The van der Waals surface area contributed by atoms with Crippen LogP contribution in [0.2, 0.25) is 0 Å². The second kappa shape index (κ2) is 10.6. The first-order chi connectivity index (χ1) is 16.8. The third kappa shape index (κ3) is 6.02. The van der Waals surface area contributed by atoms with Crippen LogP contribution in [0, 0.1) is 11.7 Å². The van der Waals surface area contributed by atoms with Crippen LogP contribution < -0.4 is 19.7 Å². The molecule has 2 aromatic carbocycles. The van der Waals surface area contributed by atoms with Gasteiger partial charge in [-0.1, -0.05) is 19.9 Å². The first kappa shape index (κ1) is 24.3. The summed E-state index contributed by atoms with van der Waals surface area (Å²) in [6.45, 7) is 4.24. The molecule has 0 saturated heterocycles. The monoisotopic (exact) mass is 497 g/mol. The predicted molar refractivity (Wildman–Crippen MR) is 129 cm³/mol. The van der Waals surface area contributed by atoms with Crippen molar-refractivity contribution < 1.29 is 28.2 Å². The second-order valence-corrected chi connectivity index (χ2v) is 9.29. The zero-order chi connectivity index (χ0) is 24.9. The molecule has 0 atom stereocenters. The van der Waals surface area contributed by atoms with Crippen molar-refractivity contribution in [1.82, 2.24) is 10.3 Å². The number of nitrogens with one attached hydrogen (secondary N) is 1. The van der Waals surface area contributed by atoms with E-state index in [1.165, 1.54) is 34.4 Å². The molecule has 1 aromatic heterocycles. The molecular weight excluding hydrogens is 473 g/mol. The Bertz CT molecular complexity index is 1260. The standard InChI is InChI=1S/C25H24FN3O5S/c1-15(2)10-27-25(32)19-14-35-23(28-19)11-29-20-8-16(6-7-22(20)34-13-24(29)31)21(30)12-33-18-5-3-4-17(26)9-18/h3-9,14-15H,10-13H2,1-2H3,(H,27,32). The number of anilines is 1. The van der Waals surface area contributed by atoms with Crippen LogP contribution in [-0.4, -0.2) is 42.3 Å². The molecule has 0 radical (unpaired) electrons. The molecule has 4 rings (SSSR count). The smallest absolute Gasteiger partial charge is 0.270 e. The molecule has 2 heterocycles. The minimum Gasteiger partial charge on any atom is -0.485 e. The molecule has 1 N–H and O–H groups in total. The molecule has 3 aromatic rings. The Morgan fingerprint density at radius 1 is 1.26 bits per heavy atom. The molecule has 0 saturated carbocycles. The molecule has 10 heteroatoms. The van der Waals surface area contributed by atoms with Crippen molar-refractivity contribution in [3.8, 4) is 11.5 Å². The summed E-state index contributed by atoms with van der Waals surface area (Å²) in [5.41, 5.74) is 1.04. The number of hydrogen-bond donors (Lipinski definition) is 1. The molecule has 0 spiro atoms. The lowest BCUT2D eigenvalue weighted by molar-refractivity contribution is -0.121. The van der Waals surface area contributed by atoms with Crippen molar-refractivity contribution in [2.45, 2.75) is 20.4 Å². The van der Waals surface area contributed by atoms with E-state index < -0.39 is 5.82 Å². The fourth-order valence-electron chi connectivity index (χ4n) is 3.35. The van der Waals surface area contributed by atoms with E-state index in [2.05, 4.69) is 10.3 Å². The van der Waals surface area contributed by atoms with Crippen molar-refractivity contribution in [3.05, 3.63) is 69.9 Å². The van der Waals surface area contributed by atoms with Gasteiger partial charge < -0.3 is 14.8 Å². The maximum atomic E-state index is 13.3. The van der Waals surface area contributed by atoms with Gasteiger partial charge in [-0.2, -0.15) is 0 Å². The molecule has 1 aliphatic rings. The zero-order valence-electron chi connectivity index (χ0n) is 19.2. The Kier molecular flexibility index (Phi) is 7.40. The highest BCUT2D eigenvalue weighted by atomic mass is 32.1. The van der Waals surface area contributed by atoms with E-state index >= 15 is 0 Å². The van der Waals surface area contributed by atoms with Gasteiger partial charge in [0.15, 0.2) is 19.0 Å². The number of ketones is 1. The maximum absolute atomic E-state index is 13.3. The van der Waals surface area contributed by atoms with Crippen LogP contribution >= 0.6 is 11.3 Å². The normalized spacial score (nSPS) is 12.8. The molecule has 0 fully saturated rings. The highest BCUT2D eigenvalue weighted by molar-refractivity contribution is 7.09. The maximum Gasteiger partial charge on any atom is 0.270 e. The molecular formula is C25H24FN3O5S. The van der Waals surface area contributed by atoms with Gasteiger partial charge in [-0.3, -0.25) is 19.3 Å². The summed E-state index contributed by atoms with van der Waals surface area (Å²) in [4.78, 5) is 43.5. The Morgan fingerprint density at radius 3 is 2.86 bits per heavy atom. The van der Waals surface area contributed by atoms with Crippen molar-refractivity contribution >= 4 is 34.6 Å². The van der Waals surface area contributed by atoms with Crippen molar-refractivity contribution in [1.29, 1.82) is 0 Å². The molecule has 0 aliphatic carbocycles. The fraction of sp³-hybridized carbons (Fsp3) is 0.280. The highest BCUT2D eigenvalue weighted by Crippen LogP contribution is 2.34. The molecule has 8 nitrogen and oxygen atoms in total. The Hall–Kier alpha value is -3.79. The van der Waals surface area contributed by atoms with Crippen LogP contribution in [0.1, 0.15) is 39.7 Å². The van der Waals surface area contributed by atoms with Crippen molar-refractivity contribution in [2.75, 3.05) is 24.7 Å². The van der Waals surface area contributed by atoms with Gasteiger partial charge in [0.05, 0.1) is 12.2 Å². The fourth-order valence-corrected chi connectivity index (χ4v) is 4.11. The van der Waals surface area contributed by atoms with Crippen LogP contribution in [0.4, 0.5) is 10.1 Å². The third-order valence-corrected chi connectivity index (χ3v) is 5.97. The summed E-state index contributed by atoms with van der Waals surface area (Å²) in [6, 6.07) is 10.3. The summed E-state index contributed by atoms with van der Waals surface area (Å²) in [7, 11) is 0. The molecule has 1 aliphatic heterocycles. The van der Waals surface area contributed by atoms with E-state index in [-0.39, 0.29) is 43.1 Å². The van der Waals surface area contributed by atoms with Crippen LogP contribution in [0.5, 0.6) is 11.5 Å². The van der Waals surface area contributed by atoms with Gasteiger partial charge in [0.2, 0.25) is 0 Å². The number of aromatic nitrogens is 1. The van der Waals surface area contributed by atoms with Crippen molar-refractivity contribution in [3.63, 3.8) is 0 Å². The number of carbonyl (C=O) groups is 3. The van der Waals surface area contributed by atoms with E-state index in [4.69, 9.17) is 9.47 Å². The Labute approximate surface area is 205 Å². The van der Waals surface area contributed by atoms with E-state index in [0.29, 0.717) is 40.2 Å². The third-order valence-electron chi connectivity index (χ3n) is 5.14. The zero-order valence-corrected chi connectivity index (χ0v) is 20.1. The van der Waals surface area contributed by atoms with Crippen molar-refractivity contribution in [2.24, 2.45) is 5.92 Å². The van der Waals surface area contributed by atoms with Gasteiger partial charge >= 0.3 is 0 Å². The number of ether oxygens (including phenoxy) is 2. The van der Waals surface area contributed by atoms with Crippen LogP contribution in [0.3, 0.4) is 0 Å². The average molecular weight is 498 g/mol. The van der Waals surface area contributed by atoms with E-state index in [1.54, 1.807) is 29.6 Å². The molecule has 35 heavy (non-hydrogen) atoms.